The van der Waals surface area contributed by atoms with Gasteiger partial charge in [0.05, 0.1) is 19.1 Å². The maximum absolute atomic E-state index is 11.6. The van der Waals surface area contributed by atoms with E-state index >= 15 is 0 Å². The van der Waals surface area contributed by atoms with Gasteiger partial charge in [-0.25, -0.2) is 9.59 Å². The van der Waals surface area contributed by atoms with Gasteiger partial charge in [0.15, 0.2) is 0 Å². The summed E-state index contributed by atoms with van der Waals surface area (Å²) in [5.74, 6) is -2.11. The number of hydrogen-bond donors (Lipinski definition) is 4. The third-order valence-corrected chi connectivity index (χ3v) is 2.35. The second-order valence-corrected chi connectivity index (χ2v) is 4.12. The first kappa shape index (κ1) is 17.2. The van der Waals surface area contributed by atoms with Crippen LogP contribution in [0.2, 0.25) is 0 Å². The Balaban J connectivity index is 4.37. The first-order valence-corrected chi connectivity index (χ1v) is 5.97. The van der Waals surface area contributed by atoms with Crippen LogP contribution in [0, 0.1) is 0 Å². The van der Waals surface area contributed by atoms with Crippen molar-refractivity contribution in [3.05, 3.63) is 0 Å². The van der Waals surface area contributed by atoms with E-state index in [0.29, 0.717) is 13.0 Å². The Morgan fingerprint density at radius 3 is 2.37 bits per heavy atom. The number of carbonyl (C=O) groups is 3. The molecule has 0 aromatic carbocycles. The number of rotatable bonds is 9. The molecule has 0 saturated heterocycles. The average Bonchev–Trinajstić information content (AvgIpc) is 2.27. The van der Waals surface area contributed by atoms with Crippen molar-refractivity contribution in [2.24, 2.45) is 5.73 Å². The molecule has 0 heterocycles. The highest BCUT2D eigenvalue weighted by molar-refractivity contribution is 5.87. The Kier molecular flexibility index (Phi) is 8.27. The van der Waals surface area contributed by atoms with Crippen molar-refractivity contribution >= 4 is 17.9 Å². The van der Waals surface area contributed by atoms with E-state index in [1.54, 1.807) is 0 Å². The van der Waals surface area contributed by atoms with E-state index in [2.05, 4.69) is 10.6 Å². The molecule has 0 aliphatic rings. The van der Waals surface area contributed by atoms with Crippen LogP contribution in [0.25, 0.3) is 0 Å². The van der Waals surface area contributed by atoms with Gasteiger partial charge in [0, 0.05) is 7.11 Å². The number of nitrogens with two attached hydrogens (primary N) is 1. The molecule has 0 spiro atoms. The molecule has 0 aliphatic carbocycles. The fourth-order valence-corrected chi connectivity index (χ4v) is 1.53. The molecule has 2 atom stereocenters. The molecule has 0 aromatic heterocycles. The Morgan fingerprint density at radius 1 is 1.32 bits per heavy atom. The molecule has 0 aliphatic heterocycles. The van der Waals surface area contributed by atoms with Gasteiger partial charge in [-0.2, -0.15) is 0 Å². The largest absolute Gasteiger partial charge is 0.480 e. The molecule has 19 heavy (non-hydrogen) atoms. The van der Waals surface area contributed by atoms with Crippen molar-refractivity contribution in [3.63, 3.8) is 0 Å². The minimum absolute atomic E-state index is 0.210. The lowest BCUT2D eigenvalue weighted by molar-refractivity contribution is -0.140. The maximum atomic E-state index is 11.6. The van der Waals surface area contributed by atoms with Gasteiger partial charge in [-0.1, -0.05) is 13.3 Å². The van der Waals surface area contributed by atoms with Gasteiger partial charge in [0.1, 0.15) is 6.04 Å². The highest BCUT2D eigenvalue weighted by Gasteiger charge is 2.23. The van der Waals surface area contributed by atoms with E-state index in [1.807, 2.05) is 6.92 Å². The summed E-state index contributed by atoms with van der Waals surface area (Å²) in [6.45, 7) is 2.28. The van der Waals surface area contributed by atoms with Gasteiger partial charge < -0.3 is 26.2 Å². The third-order valence-electron chi connectivity index (χ3n) is 2.35. The van der Waals surface area contributed by atoms with Gasteiger partial charge >= 0.3 is 12.0 Å². The minimum atomic E-state index is -1.33. The average molecular weight is 275 g/mol. The van der Waals surface area contributed by atoms with Crippen LogP contribution in [0.5, 0.6) is 0 Å². The standard InChI is InChI=1S/C11H21N3O5/c1-3-4-7(6-19-2)13-11(18)14-8(10(16)17)5-9(12)15/h7-8H,3-6H2,1-2H3,(H2,12,15)(H,16,17)(H2,13,14,18)/t7?,8-/m1/s1. The van der Waals surface area contributed by atoms with E-state index < -0.39 is 30.4 Å². The first-order valence-electron chi connectivity index (χ1n) is 5.97. The lowest BCUT2D eigenvalue weighted by atomic mass is 10.2. The normalized spacial score (nSPS) is 13.4. The minimum Gasteiger partial charge on any atom is -0.480 e. The van der Waals surface area contributed by atoms with Gasteiger partial charge in [-0.15, -0.1) is 0 Å². The predicted octanol–water partition coefficient (Wildman–Crippen LogP) is -0.571. The Morgan fingerprint density at radius 2 is 1.95 bits per heavy atom. The zero-order valence-electron chi connectivity index (χ0n) is 11.1. The molecule has 8 heteroatoms. The van der Waals surface area contributed by atoms with Gasteiger partial charge in [0.25, 0.3) is 0 Å². The lowest BCUT2D eigenvalue weighted by Crippen LogP contribution is -2.51. The Bertz CT molecular complexity index is 315. The summed E-state index contributed by atoms with van der Waals surface area (Å²) in [6, 6.07) is -2.20. The second kappa shape index (κ2) is 9.15. The van der Waals surface area contributed by atoms with Gasteiger partial charge in [-0.3, -0.25) is 4.79 Å². The molecule has 0 aromatic rings. The number of urea groups is 1. The molecule has 5 N–H and O–H groups in total. The zero-order chi connectivity index (χ0) is 14.8. The first-order chi connectivity index (χ1) is 8.90. The molecule has 0 saturated carbocycles. The highest BCUT2D eigenvalue weighted by atomic mass is 16.5. The number of carbonyl (C=O) groups excluding carboxylic acids is 2. The molecule has 0 bridgehead atoms. The predicted molar refractivity (Wildman–Crippen MR) is 67.5 cm³/mol. The monoisotopic (exact) mass is 275 g/mol. The molecule has 110 valence electrons. The molecule has 8 nitrogen and oxygen atoms in total. The summed E-state index contributed by atoms with van der Waals surface area (Å²) in [6.07, 6.45) is 1.10. The molecule has 0 rings (SSSR count). The van der Waals surface area contributed by atoms with Crippen LogP contribution in [0.1, 0.15) is 26.2 Å². The molecule has 0 fully saturated rings. The van der Waals surface area contributed by atoms with E-state index in [-0.39, 0.29) is 6.04 Å². The van der Waals surface area contributed by atoms with E-state index in [0.717, 1.165) is 6.42 Å². The van der Waals surface area contributed by atoms with Crippen LogP contribution in [0.3, 0.4) is 0 Å². The van der Waals surface area contributed by atoms with Crippen molar-refractivity contribution < 1.29 is 24.2 Å². The number of methoxy groups -OCH3 is 1. The van der Waals surface area contributed by atoms with Crippen molar-refractivity contribution in [2.45, 2.75) is 38.3 Å². The number of aliphatic carboxylic acids is 1. The van der Waals surface area contributed by atoms with Crippen LogP contribution in [-0.4, -0.2) is 48.8 Å². The quantitative estimate of drug-likeness (QED) is 0.447. The zero-order valence-corrected chi connectivity index (χ0v) is 11.1. The summed E-state index contributed by atoms with van der Waals surface area (Å²) >= 11 is 0. The number of carboxylic acid groups (broad SMARTS) is 1. The molecule has 3 amide bonds. The highest BCUT2D eigenvalue weighted by Crippen LogP contribution is 1.98. The molecular weight excluding hydrogens is 254 g/mol. The van der Waals surface area contributed by atoms with Crippen LogP contribution in [-0.2, 0) is 14.3 Å². The van der Waals surface area contributed by atoms with E-state index in [9.17, 15) is 14.4 Å². The summed E-state index contributed by atoms with van der Waals surface area (Å²) in [5.41, 5.74) is 4.91. The summed E-state index contributed by atoms with van der Waals surface area (Å²) < 4.78 is 4.94. The number of ether oxygens (including phenoxy) is 1. The fourth-order valence-electron chi connectivity index (χ4n) is 1.53. The van der Waals surface area contributed by atoms with Gasteiger partial charge in [-0.05, 0) is 6.42 Å². The lowest BCUT2D eigenvalue weighted by Gasteiger charge is -2.19. The number of nitrogens with one attached hydrogen (secondary N) is 2. The van der Waals surface area contributed by atoms with Gasteiger partial charge in [0.2, 0.25) is 5.91 Å². The molecular formula is C11H21N3O5. The Labute approximate surface area is 111 Å². The number of carboxylic acids is 1. The van der Waals surface area contributed by atoms with Crippen LogP contribution in [0.4, 0.5) is 4.79 Å². The molecule has 1 unspecified atom stereocenters. The maximum Gasteiger partial charge on any atom is 0.326 e. The van der Waals surface area contributed by atoms with E-state index in [1.165, 1.54) is 7.11 Å². The van der Waals surface area contributed by atoms with Crippen LogP contribution >= 0.6 is 0 Å². The van der Waals surface area contributed by atoms with Crippen LogP contribution < -0.4 is 16.4 Å². The van der Waals surface area contributed by atoms with Crippen molar-refractivity contribution in [3.8, 4) is 0 Å². The molecule has 0 radical (unpaired) electrons. The third kappa shape index (κ3) is 7.98. The van der Waals surface area contributed by atoms with Crippen LogP contribution in [0.15, 0.2) is 0 Å². The van der Waals surface area contributed by atoms with E-state index in [4.69, 9.17) is 15.6 Å². The fraction of sp³-hybridized carbons (Fsp3) is 0.727. The smallest absolute Gasteiger partial charge is 0.326 e. The topological polar surface area (TPSA) is 131 Å². The number of hydrogen-bond acceptors (Lipinski definition) is 4. The van der Waals surface area contributed by atoms with Crippen molar-refractivity contribution in [1.29, 1.82) is 0 Å². The summed E-state index contributed by atoms with van der Waals surface area (Å²) in [7, 11) is 1.51. The Hall–Kier alpha value is -1.83. The summed E-state index contributed by atoms with van der Waals surface area (Å²) in [5, 5.41) is 13.6. The number of primary amides is 1. The van der Waals surface area contributed by atoms with Crippen molar-refractivity contribution in [1.82, 2.24) is 10.6 Å². The van der Waals surface area contributed by atoms with Crippen molar-refractivity contribution in [2.75, 3.05) is 13.7 Å². The summed E-state index contributed by atoms with van der Waals surface area (Å²) in [4.78, 5) is 33.1. The second-order valence-electron chi connectivity index (χ2n) is 4.12. The number of amides is 3. The SMILES string of the molecule is CCCC(COC)NC(=O)N[C@H](CC(N)=O)C(=O)O.